The fourth-order valence-corrected chi connectivity index (χ4v) is 7.73. The van der Waals surface area contributed by atoms with Gasteiger partial charge in [0.25, 0.3) is 0 Å². The van der Waals surface area contributed by atoms with Gasteiger partial charge in [-0.25, -0.2) is 8.42 Å². The molecule has 0 heterocycles. The van der Waals surface area contributed by atoms with Crippen molar-refractivity contribution in [2.75, 3.05) is 0 Å². The van der Waals surface area contributed by atoms with E-state index < -0.39 is 15.6 Å². The Bertz CT molecular complexity index is 1540. The molecule has 1 atom stereocenters. The number of hydrogen-bond acceptors (Lipinski definition) is 2. The van der Waals surface area contributed by atoms with Crippen molar-refractivity contribution in [1.82, 2.24) is 4.72 Å². The van der Waals surface area contributed by atoms with Gasteiger partial charge < -0.3 is 0 Å². The Morgan fingerprint density at radius 2 is 1.28 bits per heavy atom. The molecule has 4 aromatic rings. The largest absolute Gasteiger partial charge is 0.241 e. The number of hydrogen-bond donors (Lipinski definition) is 1. The van der Waals surface area contributed by atoms with Gasteiger partial charge in [-0.15, -0.1) is 0 Å². The van der Waals surface area contributed by atoms with Crippen molar-refractivity contribution in [3.05, 3.63) is 141 Å². The maximum Gasteiger partial charge on any atom is 0.241 e. The van der Waals surface area contributed by atoms with E-state index in [9.17, 15) is 8.42 Å². The van der Waals surface area contributed by atoms with Gasteiger partial charge >= 0.3 is 0 Å². The molecule has 0 unspecified atom stereocenters. The summed E-state index contributed by atoms with van der Waals surface area (Å²) >= 11 is 2.34. The van der Waals surface area contributed by atoms with Crippen LogP contribution in [0.2, 0.25) is 0 Å². The number of halogens is 1. The van der Waals surface area contributed by atoms with Gasteiger partial charge in [-0.3, -0.25) is 0 Å². The first kappa shape index (κ1) is 24.9. The molecule has 36 heavy (non-hydrogen) atoms. The van der Waals surface area contributed by atoms with Crippen molar-refractivity contribution in [2.45, 2.75) is 36.6 Å². The van der Waals surface area contributed by atoms with Crippen molar-refractivity contribution in [1.29, 1.82) is 0 Å². The van der Waals surface area contributed by atoms with Crippen LogP contribution in [-0.2, 0) is 21.0 Å². The Balaban J connectivity index is 1.74. The first-order valence-electron chi connectivity index (χ1n) is 11.9. The zero-order chi connectivity index (χ0) is 25.6. The SMILES string of the molecule is CC(C)(C)c1ccc(S(=O)(=O)N[C@]2(c3ccccc3)C(I)=C(c3ccccc3)c3ccccc32)cc1. The summed E-state index contributed by atoms with van der Waals surface area (Å²) in [4.78, 5) is 0.251. The van der Waals surface area contributed by atoms with Gasteiger partial charge in [0.1, 0.15) is 5.54 Å². The smallest absolute Gasteiger partial charge is 0.207 e. The predicted octanol–water partition coefficient (Wildman–Crippen LogP) is 7.41. The van der Waals surface area contributed by atoms with Crippen LogP contribution in [-0.4, -0.2) is 8.42 Å². The third-order valence-corrected chi connectivity index (χ3v) is 9.55. The molecule has 1 N–H and O–H groups in total. The molecule has 0 aliphatic heterocycles. The van der Waals surface area contributed by atoms with Crippen LogP contribution in [0, 0.1) is 0 Å². The summed E-state index contributed by atoms with van der Waals surface area (Å²) in [5.41, 5.74) is 4.91. The minimum absolute atomic E-state index is 0.0614. The van der Waals surface area contributed by atoms with Gasteiger partial charge in [0, 0.05) is 9.15 Å². The molecule has 0 amide bonds. The van der Waals surface area contributed by atoms with Crippen LogP contribution in [0.3, 0.4) is 0 Å². The zero-order valence-corrected chi connectivity index (χ0v) is 23.5. The molecule has 0 radical (unpaired) electrons. The van der Waals surface area contributed by atoms with E-state index in [2.05, 4.69) is 66.3 Å². The number of benzene rings is 4. The standard InChI is InChI=1S/C31H28INO2S/c1-30(2,3)23-18-20-25(21-19-23)36(34,35)33-31(24-14-8-5-9-15-24)27-17-11-10-16-26(27)28(29(31)32)22-12-6-4-7-13-22/h4-21,33H,1-3H3/t31-/m0/s1. The molecule has 5 rings (SSSR count). The summed E-state index contributed by atoms with van der Waals surface area (Å²) in [6.07, 6.45) is 0. The van der Waals surface area contributed by atoms with E-state index in [4.69, 9.17) is 0 Å². The Morgan fingerprint density at radius 3 is 1.89 bits per heavy atom. The lowest BCUT2D eigenvalue weighted by Crippen LogP contribution is -2.46. The topological polar surface area (TPSA) is 46.2 Å². The van der Waals surface area contributed by atoms with E-state index in [1.165, 1.54) is 0 Å². The van der Waals surface area contributed by atoms with E-state index in [-0.39, 0.29) is 10.3 Å². The summed E-state index contributed by atoms with van der Waals surface area (Å²) < 4.78 is 32.1. The normalized spacial score (nSPS) is 17.8. The minimum atomic E-state index is -3.88. The first-order chi connectivity index (χ1) is 17.1. The van der Waals surface area contributed by atoms with Crippen LogP contribution in [0.15, 0.2) is 118 Å². The number of fused-ring (bicyclic) bond motifs is 1. The lowest BCUT2D eigenvalue weighted by molar-refractivity contribution is 0.539. The van der Waals surface area contributed by atoms with E-state index in [0.29, 0.717) is 0 Å². The average molecular weight is 606 g/mol. The fourth-order valence-electron chi connectivity index (χ4n) is 4.86. The summed E-state index contributed by atoms with van der Waals surface area (Å²) in [5, 5.41) is 0. The van der Waals surface area contributed by atoms with Crippen LogP contribution >= 0.6 is 22.6 Å². The lowest BCUT2D eigenvalue weighted by Gasteiger charge is -2.33. The summed E-state index contributed by atoms with van der Waals surface area (Å²) in [7, 11) is -3.88. The second-order valence-corrected chi connectivity index (χ2v) is 12.9. The molecule has 5 heteroatoms. The van der Waals surface area contributed by atoms with Crippen LogP contribution in [0.25, 0.3) is 5.57 Å². The van der Waals surface area contributed by atoms with E-state index in [0.717, 1.165) is 37.0 Å². The van der Waals surface area contributed by atoms with Gasteiger partial charge in [0.05, 0.1) is 4.90 Å². The summed E-state index contributed by atoms with van der Waals surface area (Å²) in [5.74, 6) is 0. The second kappa shape index (κ2) is 9.29. The predicted molar refractivity (Wildman–Crippen MR) is 156 cm³/mol. The molecular formula is C31H28INO2S. The molecule has 0 aromatic heterocycles. The maximum absolute atomic E-state index is 14.0. The van der Waals surface area contributed by atoms with Gasteiger partial charge in [-0.05, 0) is 68.0 Å². The lowest BCUT2D eigenvalue weighted by atomic mass is 9.86. The second-order valence-electron chi connectivity index (χ2n) is 10.1. The minimum Gasteiger partial charge on any atom is -0.207 e. The fraction of sp³-hybridized carbons (Fsp3) is 0.161. The molecule has 3 nitrogen and oxygen atoms in total. The maximum atomic E-state index is 14.0. The number of sulfonamides is 1. The van der Waals surface area contributed by atoms with Gasteiger partial charge in [-0.1, -0.05) is 118 Å². The van der Waals surface area contributed by atoms with Crippen LogP contribution in [0.4, 0.5) is 0 Å². The van der Waals surface area contributed by atoms with Crippen molar-refractivity contribution in [3.63, 3.8) is 0 Å². The molecule has 0 fully saturated rings. The van der Waals surface area contributed by atoms with E-state index in [1.807, 2.05) is 78.9 Å². The Kier molecular flexibility index (Phi) is 6.43. The monoisotopic (exact) mass is 605 g/mol. The highest BCUT2D eigenvalue weighted by Crippen LogP contribution is 2.54. The van der Waals surface area contributed by atoms with Gasteiger partial charge in [0.15, 0.2) is 0 Å². The third kappa shape index (κ3) is 4.23. The van der Waals surface area contributed by atoms with E-state index in [1.54, 1.807) is 12.1 Å². The molecule has 0 saturated heterocycles. The van der Waals surface area contributed by atoms with Gasteiger partial charge in [-0.2, -0.15) is 4.72 Å². The molecule has 0 spiro atoms. The molecule has 4 aromatic carbocycles. The Morgan fingerprint density at radius 1 is 0.722 bits per heavy atom. The number of nitrogens with one attached hydrogen (secondary N) is 1. The quantitative estimate of drug-likeness (QED) is 0.241. The molecule has 1 aliphatic rings. The Labute approximate surface area is 227 Å². The molecule has 0 saturated carbocycles. The first-order valence-corrected chi connectivity index (χ1v) is 14.5. The van der Waals surface area contributed by atoms with Crippen molar-refractivity contribution >= 4 is 38.2 Å². The van der Waals surface area contributed by atoms with Crippen LogP contribution in [0.1, 0.15) is 48.6 Å². The molecule has 0 bridgehead atoms. The number of rotatable bonds is 5. The molecule has 182 valence electrons. The van der Waals surface area contributed by atoms with Crippen LogP contribution < -0.4 is 4.72 Å². The van der Waals surface area contributed by atoms with E-state index >= 15 is 0 Å². The molecular weight excluding hydrogens is 577 g/mol. The van der Waals surface area contributed by atoms with Crippen molar-refractivity contribution < 1.29 is 8.42 Å². The summed E-state index contributed by atoms with van der Waals surface area (Å²) in [6, 6.07) is 35.3. The average Bonchev–Trinajstić information content (AvgIpc) is 3.12. The highest BCUT2D eigenvalue weighted by atomic mass is 127. The van der Waals surface area contributed by atoms with Crippen molar-refractivity contribution in [3.8, 4) is 0 Å². The van der Waals surface area contributed by atoms with Crippen molar-refractivity contribution in [2.24, 2.45) is 0 Å². The Hall–Kier alpha value is -2.74. The highest BCUT2D eigenvalue weighted by Gasteiger charge is 2.48. The highest BCUT2D eigenvalue weighted by molar-refractivity contribution is 14.1. The van der Waals surface area contributed by atoms with Gasteiger partial charge in [0.2, 0.25) is 10.0 Å². The zero-order valence-electron chi connectivity index (χ0n) is 20.5. The third-order valence-electron chi connectivity index (χ3n) is 6.74. The molecule has 1 aliphatic carbocycles. The summed E-state index contributed by atoms with van der Waals surface area (Å²) in [6.45, 7) is 6.35. The van der Waals surface area contributed by atoms with Crippen LogP contribution in [0.5, 0.6) is 0 Å².